The first-order chi connectivity index (χ1) is 7.65. The van der Waals surface area contributed by atoms with E-state index in [9.17, 15) is 4.79 Å². The van der Waals surface area contributed by atoms with Crippen LogP contribution in [0.5, 0.6) is 0 Å². The summed E-state index contributed by atoms with van der Waals surface area (Å²) in [5.74, 6) is -0.989. The number of aromatic carboxylic acids is 1. The van der Waals surface area contributed by atoms with Crippen molar-refractivity contribution in [2.24, 2.45) is 0 Å². The number of pyridine rings is 1. The summed E-state index contributed by atoms with van der Waals surface area (Å²) in [6.07, 6.45) is 2.86. The van der Waals surface area contributed by atoms with Crippen molar-refractivity contribution >= 4 is 11.7 Å². The molecule has 1 rings (SSSR count). The molecule has 0 amide bonds. The molecule has 0 aliphatic heterocycles. The number of hydrogen-bond acceptors (Lipinski definition) is 4. The average molecular weight is 224 g/mol. The Kier molecular flexibility index (Phi) is 4.72. The van der Waals surface area contributed by atoms with Crippen LogP contribution in [0, 0.1) is 6.92 Å². The van der Waals surface area contributed by atoms with Gasteiger partial charge in [-0.3, -0.25) is 4.98 Å². The number of unbranched alkanes of at least 4 members (excludes halogenated alkanes) is 1. The predicted molar refractivity (Wildman–Crippen MR) is 60.7 cm³/mol. The zero-order valence-electron chi connectivity index (χ0n) is 9.23. The molecule has 1 heterocycles. The highest BCUT2D eigenvalue weighted by Gasteiger charge is 2.10. The van der Waals surface area contributed by atoms with E-state index in [0.717, 1.165) is 12.1 Å². The molecule has 5 nitrogen and oxygen atoms in total. The van der Waals surface area contributed by atoms with Gasteiger partial charge in [-0.15, -0.1) is 0 Å². The Morgan fingerprint density at radius 2 is 2.25 bits per heavy atom. The number of carbonyl (C=O) groups is 1. The summed E-state index contributed by atoms with van der Waals surface area (Å²) in [5, 5.41) is 20.6. The van der Waals surface area contributed by atoms with Gasteiger partial charge in [0.15, 0.2) is 0 Å². The Morgan fingerprint density at radius 3 is 2.88 bits per heavy atom. The van der Waals surface area contributed by atoms with Gasteiger partial charge in [-0.05, 0) is 25.8 Å². The number of rotatable bonds is 6. The summed E-state index contributed by atoms with van der Waals surface area (Å²) >= 11 is 0. The molecule has 0 radical (unpaired) electrons. The second-order valence-corrected chi connectivity index (χ2v) is 3.53. The molecule has 0 atom stereocenters. The van der Waals surface area contributed by atoms with Crippen molar-refractivity contribution in [1.29, 1.82) is 0 Å². The van der Waals surface area contributed by atoms with E-state index in [4.69, 9.17) is 10.2 Å². The third-order valence-corrected chi connectivity index (χ3v) is 2.17. The minimum absolute atomic E-state index is 0.156. The molecular weight excluding hydrogens is 208 g/mol. The first-order valence-corrected chi connectivity index (χ1v) is 5.20. The van der Waals surface area contributed by atoms with E-state index in [-0.39, 0.29) is 12.2 Å². The van der Waals surface area contributed by atoms with Crippen LogP contribution < -0.4 is 5.32 Å². The molecule has 0 aliphatic rings. The number of aryl methyl sites for hydroxylation is 1. The fourth-order valence-corrected chi connectivity index (χ4v) is 1.34. The van der Waals surface area contributed by atoms with E-state index < -0.39 is 5.97 Å². The van der Waals surface area contributed by atoms with E-state index >= 15 is 0 Å². The number of aliphatic hydroxyl groups excluding tert-OH is 1. The minimum atomic E-state index is -0.989. The van der Waals surface area contributed by atoms with Crippen molar-refractivity contribution in [1.82, 2.24) is 4.98 Å². The molecule has 88 valence electrons. The van der Waals surface area contributed by atoms with Crippen molar-refractivity contribution in [2.45, 2.75) is 19.8 Å². The molecule has 0 spiro atoms. The van der Waals surface area contributed by atoms with Gasteiger partial charge in [0.2, 0.25) is 0 Å². The van der Waals surface area contributed by atoms with Crippen molar-refractivity contribution in [3.05, 3.63) is 23.5 Å². The molecule has 5 heteroatoms. The first-order valence-electron chi connectivity index (χ1n) is 5.20. The number of anilines is 1. The van der Waals surface area contributed by atoms with Gasteiger partial charge >= 0.3 is 5.97 Å². The number of hydrogen-bond donors (Lipinski definition) is 3. The summed E-state index contributed by atoms with van der Waals surface area (Å²) in [4.78, 5) is 14.8. The highest BCUT2D eigenvalue weighted by Crippen LogP contribution is 2.15. The second kappa shape index (κ2) is 6.07. The van der Waals surface area contributed by atoms with Crippen LogP contribution in [0.1, 0.15) is 28.9 Å². The van der Waals surface area contributed by atoms with Crippen LogP contribution in [-0.4, -0.2) is 34.3 Å². The topological polar surface area (TPSA) is 82.5 Å². The van der Waals surface area contributed by atoms with Crippen LogP contribution in [0.2, 0.25) is 0 Å². The SMILES string of the molecule is Cc1cc(NCCCCO)c(C(=O)O)cn1. The van der Waals surface area contributed by atoms with Crippen LogP contribution in [-0.2, 0) is 0 Å². The lowest BCUT2D eigenvalue weighted by atomic mass is 10.2. The summed E-state index contributed by atoms with van der Waals surface area (Å²) in [6, 6.07) is 1.71. The van der Waals surface area contributed by atoms with E-state index in [1.807, 2.05) is 6.92 Å². The monoisotopic (exact) mass is 224 g/mol. The number of nitrogens with one attached hydrogen (secondary N) is 1. The zero-order valence-corrected chi connectivity index (χ0v) is 9.23. The lowest BCUT2D eigenvalue weighted by Crippen LogP contribution is -2.09. The second-order valence-electron chi connectivity index (χ2n) is 3.53. The quantitative estimate of drug-likeness (QED) is 0.634. The normalized spacial score (nSPS) is 10.1. The lowest BCUT2D eigenvalue weighted by molar-refractivity contribution is 0.0697. The maximum Gasteiger partial charge on any atom is 0.339 e. The number of carboxylic acid groups (broad SMARTS) is 1. The summed E-state index contributed by atoms with van der Waals surface area (Å²) in [7, 11) is 0. The minimum Gasteiger partial charge on any atom is -0.478 e. The van der Waals surface area contributed by atoms with Gasteiger partial charge in [0.1, 0.15) is 5.56 Å². The fraction of sp³-hybridized carbons (Fsp3) is 0.455. The number of carboxylic acids is 1. The van der Waals surface area contributed by atoms with Crippen molar-refractivity contribution in [2.75, 3.05) is 18.5 Å². The van der Waals surface area contributed by atoms with Gasteiger partial charge in [-0.25, -0.2) is 4.79 Å². The number of nitrogens with zero attached hydrogens (tertiary/aromatic N) is 1. The fourth-order valence-electron chi connectivity index (χ4n) is 1.34. The Morgan fingerprint density at radius 1 is 1.50 bits per heavy atom. The van der Waals surface area contributed by atoms with Gasteiger partial charge < -0.3 is 15.5 Å². The summed E-state index contributed by atoms with van der Waals surface area (Å²) in [5.41, 5.74) is 1.53. The Labute approximate surface area is 94.1 Å². The highest BCUT2D eigenvalue weighted by molar-refractivity contribution is 5.93. The van der Waals surface area contributed by atoms with Crippen LogP contribution >= 0.6 is 0 Å². The van der Waals surface area contributed by atoms with E-state index in [1.165, 1.54) is 6.20 Å². The molecule has 3 N–H and O–H groups in total. The van der Waals surface area contributed by atoms with Crippen molar-refractivity contribution in [3.63, 3.8) is 0 Å². The van der Waals surface area contributed by atoms with E-state index in [2.05, 4.69) is 10.3 Å². The largest absolute Gasteiger partial charge is 0.478 e. The van der Waals surface area contributed by atoms with Gasteiger partial charge in [-0.1, -0.05) is 0 Å². The average Bonchev–Trinajstić information content (AvgIpc) is 2.24. The molecule has 0 saturated carbocycles. The Balaban J connectivity index is 2.68. The van der Waals surface area contributed by atoms with Crippen LogP contribution in [0.3, 0.4) is 0 Å². The molecule has 0 fully saturated rings. The highest BCUT2D eigenvalue weighted by atomic mass is 16.4. The Bertz CT molecular complexity index is 366. The maximum atomic E-state index is 10.9. The molecule has 0 aromatic carbocycles. The first kappa shape index (κ1) is 12.4. The van der Waals surface area contributed by atoms with Gasteiger partial charge in [0, 0.05) is 25.0 Å². The number of aliphatic hydroxyl groups is 1. The third kappa shape index (κ3) is 3.51. The van der Waals surface area contributed by atoms with Crippen molar-refractivity contribution in [3.8, 4) is 0 Å². The molecule has 0 aliphatic carbocycles. The van der Waals surface area contributed by atoms with Gasteiger partial charge in [-0.2, -0.15) is 0 Å². The summed E-state index contributed by atoms with van der Waals surface area (Å²) in [6.45, 7) is 2.61. The number of aromatic nitrogens is 1. The molecule has 1 aromatic rings. The standard InChI is InChI=1S/C11H16N2O3/c1-8-6-10(12-4-2-3-5-14)9(7-13-8)11(15)16/h6-7,14H,2-5H2,1H3,(H,12,13)(H,15,16). The predicted octanol–water partition coefficient (Wildman–Crippen LogP) is 1.27. The molecule has 0 saturated heterocycles. The maximum absolute atomic E-state index is 10.9. The third-order valence-electron chi connectivity index (χ3n) is 2.17. The smallest absolute Gasteiger partial charge is 0.339 e. The van der Waals surface area contributed by atoms with Crippen LogP contribution in [0.4, 0.5) is 5.69 Å². The molecule has 1 aromatic heterocycles. The van der Waals surface area contributed by atoms with Gasteiger partial charge in [0.25, 0.3) is 0 Å². The Hall–Kier alpha value is -1.62. The molecule has 0 unspecified atom stereocenters. The van der Waals surface area contributed by atoms with Crippen molar-refractivity contribution < 1.29 is 15.0 Å². The van der Waals surface area contributed by atoms with E-state index in [0.29, 0.717) is 18.7 Å². The molecule has 0 bridgehead atoms. The van der Waals surface area contributed by atoms with E-state index in [1.54, 1.807) is 6.07 Å². The zero-order chi connectivity index (χ0) is 12.0. The lowest BCUT2D eigenvalue weighted by Gasteiger charge is -2.09. The molecule has 16 heavy (non-hydrogen) atoms. The van der Waals surface area contributed by atoms with Crippen LogP contribution in [0.25, 0.3) is 0 Å². The molecular formula is C11H16N2O3. The van der Waals surface area contributed by atoms with Gasteiger partial charge in [0.05, 0.1) is 5.69 Å². The summed E-state index contributed by atoms with van der Waals surface area (Å²) < 4.78 is 0. The van der Waals surface area contributed by atoms with Crippen LogP contribution in [0.15, 0.2) is 12.3 Å².